The van der Waals surface area contributed by atoms with E-state index < -0.39 is 9.84 Å². The first-order valence-electron chi connectivity index (χ1n) is 7.54. The summed E-state index contributed by atoms with van der Waals surface area (Å²) >= 11 is 0. The van der Waals surface area contributed by atoms with Gasteiger partial charge in [-0.3, -0.25) is 4.79 Å². The molecular weight excluding hydrogens is 320 g/mol. The lowest BCUT2D eigenvalue weighted by molar-refractivity contribution is -0.131. The van der Waals surface area contributed by atoms with Crippen LogP contribution in [-0.2, 0) is 14.6 Å². The number of sulfone groups is 1. The zero-order valence-corrected chi connectivity index (χ0v) is 13.8. The molecule has 1 fully saturated rings. The van der Waals surface area contributed by atoms with Crippen LogP contribution in [0.25, 0.3) is 0 Å². The van der Waals surface area contributed by atoms with Crippen LogP contribution in [0.15, 0.2) is 18.2 Å². The number of nitrogens with zero attached hydrogens (tertiary/aromatic N) is 1. The molecule has 0 spiro atoms. The lowest BCUT2D eigenvalue weighted by Crippen LogP contribution is -2.38. The molecule has 8 heteroatoms. The summed E-state index contributed by atoms with van der Waals surface area (Å²) in [6.07, 6.45) is 0.835. The Morgan fingerprint density at radius 1 is 1.35 bits per heavy atom. The standard InChI is InChI=1S/C15H20N2O5S/c1-17(12-5-7-23(19,20)9-12)15(18)4-6-16-11-2-3-13-14(8-11)22-10-21-13/h2-3,8,12,16H,4-7,9-10H2,1H3. The van der Waals surface area contributed by atoms with Crippen LogP contribution in [0, 0.1) is 0 Å². The minimum atomic E-state index is -2.98. The number of anilines is 1. The molecule has 2 aliphatic heterocycles. The van der Waals surface area contributed by atoms with Gasteiger partial charge in [0.15, 0.2) is 21.3 Å². The summed E-state index contributed by atoms with van der Waals surface area (Å²) in [6, 6.07) is 5.32. The van der Waals surface area contributed by atoms with E-state index in [1.165, 1.54) is 0 Å². The lowest BCUT2D eigenvalue weighted by Gasteiger charge is -2.23. The summed E-state index contributed by atoms with van der Waals surface area (Å²) in [4.78, 5) is 13.7. The number of ether oxygens (including phenoxy) is 2. The van der Waals surface area contributed by atoms with Gasteiger partial charge in [0, 0.05) is 37.8 Å². The van der Waals surface area contributed by atoms with E-state index in [9.17, 15) is 13.2 Å². The van der Waals surface area contributed by atoms with Crippen LogP contribution in [0.5, 0.6) is 11.5 Å². The van der Waals surface area contributed by atoms with Crippen molar-refractivity contribution in [2.24, 2.45) is 0 Å². The molecule has 0 aliphatic carbocycles. The summed E-state index contributed by atoms with van der Waals surface area (Å²) in [7, 11) is -1.30. The highest BCUT2D eigenvalue weighted by atomic mass is 32.2. The van der Waals surface area contributed by atoms with Crippen LogP contribution >= 0.6 is 0 Å². The van der Waals surface area contributed by atoms with Crippen molar-refractivity contribution in [3.8, 4) is 11.5 Å². The average Bonchev–Trinajstić information content (AvgIpc) is 3.11. The molecule has 1 atom stereocenters. The van der Waals surface area contributed by atoms with Gasteiger partial charge in [-0.05, 0) is 18.6 Å². The Hall–Kier alpha value is -1.96. The maximum Gasteiger partial charge on any atom is 0.231 e. The smallest absolute Gasteiger partial charge is 0.231 e. The summed E-state index contributed by atoms with van der Waals surface area (Å²) in [5, 5.41) is 3.17. The van der Waals surface area contributed by atoms with Gasteiger partial charge in [-0.25, -0.2) is 8.42 Å². The number of hydrogen-bond donors (Lipinski definition) is 1. The lowest BCUT2D eigenvalue weighted by atomic mass is 10.2. The van der Waals surface area contributed by atoms with E-state index in [4.69, 9.17) is 9.47 Å². The van der Waals surface area contributed by atoms with Crippen LogP contribution in [0.4, 0.5) is 5.69 Å². The van der Waals surface area contributed by atoms with Crippen LogP contribution in [0.2, 0.25) is 0 Å². The SMILES string of the molecule is CN(C(=O)CCNc1ccc2c(c1)OCO2)C1CCS(=O)(=O)C1. The molecule has 0 bridgehead atoms. The normalized spacial score (nSPS) is 21.2. The molecule has 1 aromatic carbocycles. The molecule has 1 aromatic rings. The molecule has 0 radical (unpaired) electrons. The van der Waals surface area contributed by atoms with Crippen LogP contribution in [-0.4, -0.2) is 57.2 Å². The van der Waals surface area contributed by atoms with E-state index in [0.29, 0.717) is 30.9 Å². The van der Waals surface area contributed by atoms with Crippen molar-refractivity contribution in [3.63, 3.8) is 0 Å². The van der Waals surface area contributed by atoms with E-state index in [0.717, 1.165) is 5.69 Å². The molecule has 0 saturated carbocycles. The van der Waals surface area contributed by atoms with Crippen molar-refractivity contribution in [1.82, 2.24) is 4.90 Å². The predicted octanol–water partition coefficient (Wildman–Crippen LogP) is 0.863. The molecule has 126 valence electrons. The van der Waals surface area contributed by atoms with Gasteiger partial charge in [-0.2, -0.15) is 0 Å². The summed E-state index contributed by atoms with van der Waals surface area (Å²) < 4.78 is 33.5. The van der Waals surface area contributed by atoms with E-state index in [1.54, 1.807) is 11.9 Å². The molecule has 23 heavy (non-hydrogen) atoms. The predicted molar refractivity (Wildman–Crippen MR) is 85.5 cm³/mol. The molecule has 1 saturated heterocycles. The molecule has 1 N–H and O–H groups in total. The number of nitrogens with one attached hydrogen (secondary N) is 1. The van der Waals surface area contributed by atoms with Gasteiger partial charge in [-0.15, -0.1) is 0 Å². The third kappa shape index (κ3) is 3.69. The summed E-state index contributed by atoms with van der Waals surface area (Å²) in [5.74, 6) is 1.60. The molecule has 2 heterocycles. The fourth-order valence-electron chi connectivity index (χ4n) is 2.78. The average molecular weight is 340 g/mol. The quantitative estimate of drug-likeness (QED) is 0.856. The van der Waals surface area contributed by atoms with Crippen molar-refractivity contribution in [1.29, 1.82) is 0 Å². The number of amides is 1. The second kappa shape index (κ2) is 6.27. The van der Waals surface area contributed by atoms with Gasteiger partial charge in [-0.1, -0.05) is 0 Å². The molecule has 3 rings (SSSR count). The van der Waals surface area contributed by atoms with Gasteiger partial charge in [0.05, 0.1) is 11.5 Å². The number of carbonyl (C=O) groups is 1. The fraction of sp³-hybridized carbons (Fsp3) is 0.533. The maximum atomic E-state index is 12.2. The van der Waals surface area contributed by atoms with Crippen molar-refractivity contribution in [3.05, 3.63) is 18.2 Å². The van der Waals surface area contributed by atoms with Gasteiger partial charge < -0.3 is 19.7 Å². The second-order valence-corrected chi connectivity index (χ2v) is 8.04. The Morgan fingerprint density at radius 2 is 2.13 bits per heavy atom. The molecule has 2 aliphatic rings. The van der Waals surface area contributed by atoms with Crippen molar-refractivity contribution < 1.29 is 22.7 Å². The first-order chi connectivity index (χ1) is 10.9. The zero-order chi connectivity index (χ0) is 16.4. The Bertz CT molecular complexity index is 704. The van der Waals surface area contributed by atoms with Gasteiger partial charge >= 0.3 is 0 Å². The monoisotopic (exact) mass is 340 g/mol. The fourth-order valence-corrected chi connectivity index (χ4v) is 4.56. The number of benzene rings is 1. The Balaban J connectivity index is 1.47. The van der Waals surface area contributed by atoms with Crippen LogP contribution in [0.3, 0.4) is 0 Å². The van der Waals surface area contributed by atoms with E-state index in [2.05, 4.69) is 5.32 Å². The number of rotatable bonds is 5. The molecule has 7 nitrogen and oxygen atoms in total. The topological polar surface area (TPSA) is 84.9 Å². The van der Waals surface area contributed by atoms with Crippen LogP contribution < -0.4 is 14.8 Å². The highest BCUT2D eigenvalue weighted by molar-refractivity contribution is 7.91. The number of carbonyl (C=O) groups excluding carboxylic acids is 1. The van der Waals surface area contributed by atoms with E-state index >= 15 is 0 Å². The minimum Gasteiger partial charge on any atom is -0.454 e. The second-order valence-electron chi connectivity index (χ2n) is 5.81. The first kappa shape index (κ1) is 15.9. The van der Waals surface area contributed by atoms with Gasteiger partial charge in [0.2, 0.25) is 12.7 Å². The summed E-state index contributed by atoms with van der Waals surface area (Å²) in [5.41, 5.74) is 0.855. The molecule has 1 amide bonds. The van der Waals surface area contributed by atoms with Crippen LogP contribution in [0.1, 0.15) is 12.8 Å². The Kier molecular flexibility index (Phi) is 4.34. The number of fused-ring (bicyclic) bond motifs is 1. The van der Waals surface area contributed by atoms with E-state index in [1.807, 2.05) is 18.2 Å². The highest BCUT2D eigenvalue weighted by Gasteiger charge is 2.32. The van der Waals surface area contributed by atoms with Crippen molar-refractivity contribution >= 4 is 21.4 Å². The third-order valence-electron chi connectivity index (χ3n) is 4.19. The first-order valence-corrected chi connectivity index (χ1v) is 9.36. The van der Waals surface area contributed by atoms with E-state index in [-0.39, 0.29) is 30.2 Å². The van der Waals surface area contributed by atoms with Crippen molar-refractivity contribution in [2.45, 2.75) is 18.9 Å². The molecule has 0 aromatic heterocycles. The molecular formula is C15H20N2O5S. The Labute approximate surface area is 135 Å². The van der Waals surface area contributed by atoms with Gasteiger partial charge in [0.1, 0.15) is 0 Å². The molecule has 1 unspecified atom stereocenters. The number of hydrogen-bond acceptors (Lipinski definition) is 6. The Morgan fingerprint density at radius 3 is 2.87 bits per heavy atom. The van der Waals surface area contributed by atoms with Crippen molar-refractivity contribution in [2.75, 3.05) is 37.2 Å². The highest BCUT2D eigenvalue weighted by Crippen LogP contribution is 2.34. The van der Waals surface area contributed by atoms with Gasteiger partial charge in [0.25, 0.3) is 0 Å². The minimum absolute atomic E-state index is 0.0552. The maximum absolute atomic E-state index is 12.2. The largest absolute Gasteiger partial charge is 0.454 e. The third-order valence-corrected chi connectivity index (χ3v) is 5.94. The zero-order valence-electron chi connectivity index (χ0n) is 12.9. The summed E-state index contributed by atoms with van der Waals surface area (Å²) in [6.45, 7) is 0.703.